The minimum atomic E-state index is -0.997. The van der Waals surface area contributed by atoms with Crippen molar-refractivity contribution in [1.29, 1.82) is 0 Å². The predicted octanol–water partition coefficient (Wildman–Crippen LogP) is 4.62. The maximum atomic E-state index is 13.4. The van der Waals surface area contributed by atoms with Gasteiger partial charge in [0.15, 0.2) is 6.61 Å². The SMILES string of the molecule is Cc1onc(C(=O)N2CCN(C(c3ccc(Cl)cc3)c3ccc(OCC(=O)N4CCC(CN5CCN(CCCCNc6cccc7c6C(=O)N(C6CCC(=O)NC6=O)C7=O)CC5)CC4)cc3)CC2)c1[N+](=O)[O-]. The van der Waals surface area contributed by atoms with Crippen molar-refractivity contribution >= 4 is 58.4 Å². The Morgan fingerprint density at radius 1 is 0.847 bits per heavy atom. The maximum Gasteiger partial charge on any atom is 0.344 e. The van der Waals surface area contributed by atoms with Crippen LogP contribution in [0.25, 0.3) is 0 Å². The summed E-state index contributed by atoms with van der Waals surface area (Å²) in [7, 11) is 0. The molecule has 380 valence electrons. The lowest BCUT2D eigenvalue weighted by atomic mass is 9.96. The summed E-state index contributed by atoms with van der Waals surface area (Å²) in [6.45, 7) is 11.0. The van der Waals surface area contributed by atoms with E-state index in [4.69, 9.17) is 20.9 Å². The molecule has 0 radical (unpaired) electrons. The highest BCUT2D eigenvalue weighted by atomic mass is 35.5. The first-order valence-corrected chi connectivity index (χ1v) is 25.1. The predicted molar refractivity (Wildman–Crippen MR) is 264 cm³/mol. The van der Waals surface area contributed by atoms with E-state index in [-0.39, 0.29) is 54.0 Å². The number of amides is 6. The van der Waals surface area contributed by atoms with Gasteiger partial charge in [-0.3, -0.25) is 54.0 Å². The summed E-state index contributed by atoms with van der Waals surface area (Å²) in [5.41, 5.74) is 2.41. The van der Waals surface area contributed by atoms with Gasteiger partial charge in [-0.05, 0) is 92.1 Å². The van der Waals surface area contributed by atoms with Crippen molar-refractivity contribution in [2.75, 3.05) is 97.0 Å². The van der Waals surface area contributed by atoms with Crippen LogP contribution in [0.1, 0.15) is 92.7 Å². The molecule has 4 fully saturated rings. The molecule has 20 nitrogen and oxygen atoms in total. The highest BCUT2D eigenvalue weighted by molar-refractivity contribution is 6.30. The zero-order chi connectivity index (χ0) is 50.5. The molecule has 1 aromatic heterocycles. The molecule has 0 bridgehead atoms. The lowest BCUT2D eigenvalue weighted by Gasteiger charge is -2.39. The zero-order valence-corrected chi connectivity index (χ0v) is 41.0. The third-order valence-corrected chi connectivity index (χ3v) is 14.8. The molecule has 5 aliphatic rings. The molecule has 0 aliphatic carbocycles. The van der Waals surface area contributed by atoms with Gasteiger partial charge in [0.25, 0.3) is 23.6 Å². The van der Waals surface area contributed by atoms with E-state index in [1.807, 2.05) is 53.4 Å². The number of ether oxygens (including phenoxy) is 1. The van der Waals surface area contributed by atoms with Gasteiger partial charge in [-0.2, -0.15) is 0 Å². The third kappa shape index (κ3) is 11.2. The quantitative estimate of drug-likeness (QED) is 0.0638. The van der Waals surface area contributed by atoms with Crippen LogP contribution in [0.2, 0.25) is 5.02 Å². The summed E-state index contributed by atoms with van der Waals surface area (Å²) in [5.74, 6) is -1.54. The largest absolute Gasteiger partial charge is 0.484 e. The van der Waals surface area contributed by atoms with E-state index in [9.17, 15) is 38.9 Å². The Morgan fingerprint density at radius 2 is 1.53 bits per heavy atom. The molecule has 5 aliphatic heterocycles. The summed E-state index contributed by atoms with van der Waals surface area (Å²) in [4.78, 5) is 100.0. The van der Waals surface area contributed by atoms with Gasteiger partial charge in [-0.1, -0.05) is 47.1 Å². The topological polar surface area (TPSA) is 224 Å². The van der Waals surface area contributed by atoms with Crippen molar-refractivity contribution in [3.05, 3.63) is 116 Å². The molecule has 3 aromatic carbocycles. The van der Waals surface area contributed by atoms with Crippen molar-refractivity contribution in [3.63, 3.8) is 0 Å². The van der Waals surface area contributed by atoms with Crippen LogP contribution in [-0.2, 0) is 14.4 Å². The van der Waals surface area contributed by atoms with Gasteiger partial charge >= 0.3 is 5.69 Å². The molecule has 72 heavy (non-hydrogen) atoms. The van der Waals surface area contributed by atoms with Crippen LogP contribution in [-0.4, -0.2) is 173 Å². The fraction of sp³-hybridized carbons (Fsp3) is 0.471. The van der Waals surface area contributed by atoms with E-state index in [2.05, 4.69) is 30.5 Å². The Labute approximate surface area is 421 Å². The summed E-state index contributed by atoms with van der Waals surface area (Å²) < 4.78 is 11.0. The van der Waals surface area contributed by atoms with E-state index in [1.165, 1.54) is 6.92 Å². The van der Waals surface area contributed by atoms with Crippen molar-refractivity contribution < 1.29 is 43.0 Å². The zero-order valence-electron chi connectivity index (χ0n) is 40.3. The minimum absolute atomic E-state index is 0.0141. The Morgan fingerprint density at radius 3 is 2.21 bits per heavy atom. The van der Waals surface area contributed by atoms with Crippen LogP contribution in [0.4, 0.5) is 11.4 Å². The number of hydrogen-bond donors (Lipinski definition) is 2. The molecule has 0 saturated carbocycles. The number of nitrogens with one attached hydrogen (secondary N) is 2. The van der Waals surface area contributed by atoms with E-state index < -0.39 is 46.2 Å². The number of benzene rings is 3. The van der Waals surface area contributed by atoms with Crippen LogP contribution in [0.3, 0.4) is 0 Å². The number of likely N-dealkylation sites (tertiary alicyclic amines) is 1. The number of carbonyl (C=O) groups is 6. The Balaban J connectivity index is 0.672. The maximum absolute atomic E-state index is 13.4. The van der Waals surface area contributed by atoms with E-state index >= 15 is 0 Å². The Hall–Kier alpha value is -6.74. The summed E-state index contributed by atoms with van der Waals surface area (Å²) in [6, 6.07) is 19.3. The monoisotopic (exact) mass is 1010 g/mol. The number of halogens is 1. The first-order chi connectivity index (χ1) is 34.8. The van der Waals surface area contributed by atoms with Gasteiger partial charge in [0.05, 0.1) is 22.1 Å². The van der Waals surface area contributed by atoms with Crippen molar-refractivity contribution in [1.82, 2.24) is 39.9 Å². The van der Waals surface area contributed by atoms with Crippen molar-refractivity contribution in [2.24, 2.45) is 5.92 Å². The summed E-state index contributed by atoms with van der Waals surface area (Å²) in [5, 5.41) is 21.5. The number of hydrogen-bond acceptors (Lipinski definition) is 15. The molecule has 9 rings (SSSR count). The fourth-order valence-electron chi connectivity index (χ4n) is 10.6. The average Bonchev–Trinajstić information content (AvgIpc) is 3.90. The number of anilines is 1. The van der Waals surface area contributed by atoms with Gasteiger partial charge in [0.1, 0.15) is 11.8 Å². The first kappa shape index (κ1) is 50.2. The molecular formula is C51H59ClN10O10. The first-order valence-electron chi connectivity index (χ1n) is 24.8. The third-order valence-electron chi connectivity index (χ3n) is 14.6. The lowest BCUT2D eigenvalue weighted by Crippen LogP contribution is -2.54. The number of piperazine rings is 2. The second-order valence-corrected chi connectivity index (χ2v) is 19.5. The molecule has 21 heteroatoms. The number of aryl methyl sites for hydroxylation is 1. The Kier molecular flexibility index (Phi) is 15.6. The number of nitro groups is 1. The average molecular weight is 1010 g/mol. The summed E-state index contributed by atoms with van der Waals surface area (Å²) in [6.07, 6.45) is 3.93. The molecule has 4 saturated heterocycles. The van der Waals surface area contributed by atoms with Gasteiger partial charge in [-0.25, -0.2) is 0 Å². The minimum Gasteiger partial charge on any atom is -0.484 e. The number of rotatable bonds is 17. The smallest absolute Gasteiger partial charge is 0.344 e. The normalized spacial score (nSPS) is 19.9. The molecule has 0 spiro atoms. The second kappa shape index (κ2) is 22.4. The number of nitrogens with zero attached hydrogens (tertiary/aromatic N) is 8. The lowest BCUT2D eigenvalue weighted by molar-refractivity contribution is -0.386. The summed E-state index contributed by atoms with van der Waals surface area (Å²) >= 11 is 6.26. The molecule has 4 aromatic rings. The number of aromatic nitrogens is 1. The number of imide groups is 2. The van der Waals surface area contributed by atoms with Crippen molar-refractivity contribution in [3.8, 4) is 5.75 Å². The van der Waals surface area contributed by atoms with Crippen molar-refractivity contribution in [2.45, 2.75) is 57.5 Å². The standard InChI is InChI=1S/C51H59ClN10O10/c1-33-46(62(69)70)45(55-72-33)51(68)60-29-27-59(28-30-60)47(35-7-11-37(52)12-8-35)36-9-13-38(14-10-36)71-32-43(64)58-21-17-34(18-22-58)31-57-25-23-56(24-26-57)20-3-2-19-53-40-6-4-5-39-44(40)50(67)61(49(39)66)41-15-16-42(63)54-48(41)65/h4-14,34,41,47,53H,2-3,15-32H2,1H3,(H,54,63,65). The van der Waals surface area contributed by atoms with E-state index in [0.717, 1.165) is 81.0 Å². The van der Waals surface area contributed by atoms with Crippen LogP contribution in [0, 0.1) is 23.0 Å². The molecular weight excluding hydrogens is 948 g/mol. The molecule has 2 unspecified atom stereocenters. The van der Waals surface area contributed by atoms with E-state index in [0.29, 0.717) is 68.2 Å². The number of fused-ring (bicyclic) bond motifs is 1. The van der Waals surface area contributed by atoms with Gasteiger partial charge in [0.2, 0.25) is 23.3 Å². The van der Waals surface area contributed by atoms with Gasteiger partial charge < -0.3 is 34.2 Å². The number of unbranched alkanes of at least 4 members (excludes halogenated alkanes) is 1. The second-order valence-electron chi connectivity index (χ2n) is 19.1. The highest BCUT2D eigenvalue weighted by Gasteiger charge is 2.46. The number of piperidine rings is 2. The molecule has 6 amide bonds. The van der Waals surface area contributed by atoms with Gasteiger partial charge in [0, 0.05) is 103 Å². The van der Waals surface area contributed by atoms with Gasteiger partial charge in [-0.15, -0.1) is 0 Å². The van der Waals surface area contributed by atoms with Crippen LogP contribution in [0.15, 0.2) is 71.3 Å². The molecule has 6 heterocycles. The number of carbonyl (C=O) groups excluding carboxylic acids is 6. The molecule has 2 N–H and O–H groups in total. The Bertz CT molecular complexity index is 2680. The fourth-order valence-corrected chi connectivity index (χ4v) is 10.7. The molecule has 2 atom stereocenters. The van der Waals surface area contributed by atoms with E-state index in [1.54, 1.807) is 23.1 Å². The highest BCUT2D eigenvalue weighted by Crippen LogP contribution is 2.34. The van der Waals surface area contributed by atoms with Crippen LogP contribution in [0.5, 0.6) is 5.75 Å². The van der Waals surface area contributed by atoms with Crippen LogP contribution >= 0.6 is 11.6 Å². The van der Waals surface area contributed by atoms with Crippen LogP contribution < -0.4 is 15.4 Å².